The Labute approximate surface area is 131 Å². The van der Waals surface area contributed by atoms with Crippen molar-refractivity contribution in [3.63, 3.8) is 0 Å². The van der Waals surface area contributed by atoms with Crippen molar-refractivity contribution in [2.24, 2.45) is 28.9 Å². The van der Waals surface area contributed by atoms with Crippen molar-refractivity contribution in [1.82, 2.24) is 0 Å². The van der Waals surface area contributed by atoms with E-state index in [9.17, 15) is 8.42 Å². The molecule has 0 heterocycles. The molecule has 21 heavy (non-hydrogen) atoms. The highest BCUT2D eigenvalue weighted by atomic mass is 32.2. The first-order valence-electron chi connectivity index (χ1n) is 8.53. The molecule has 0 aromatic carbocycles. The van der Waals surface area contributed by atoms with Gasteiger partial charge in [0.2, 0.25) is 0 Å². The number of hydrogen-bond acceptors (Lipinski definition) is 3. The fourth-order valence-electron chi connectivity index (χ4n) is 4.52. The Morgan fingerprint density at radius 2 is 1.67 bits per heavy atom. The predicted molar refractivity (Wildman–Crippen MR) is 88.9 cm³/mol. The Kier molecular flexibility index (Phi) is 5.09. The van der Waals surface area contributed by atoms with E-state index in [1.165, 1.54) is 25.5 Å². The average molecular weight is 316 g/mol. The van der Waals surface area contributed by atoms with Gasteiger partial charge in [-0.2, -0.15) is 0 Å². The minimum atomic E-state index is -2.90. The van der Waals surface area contributed by atoms with Crippen LogP contribution in [0, 0.1) is 23.2 Å². The lowest BCUT2D eigenvalue weighted by molar-refractivity contribution is 0.0815. The van der Waals surface area contributed by atoms with Crippen LogP contribution in [-0.4, -0.2) is 26.0 Å². The first kappa shape index (κ1) is 17.3. The van der Waals surface area contributed by atoms with E-state index < -0.39 is 9.84 Å². The second-order valence-corrected chi connectivity index (χ2v) is 10.9. The molecular formula is C17H33NO2S. The third kappa shape index (κ3) is 4.22. The maximum Gasteiger partial charge on any atom is 0.150 e. The van der Waals surface area contributed by atoms with Crippen molar-refractivity contribution in [3.05, 3.63) is 0 Å². The topological polar surface area (TPSA) is 60.2 Å². The summed E-state index contributed by atoms with van der Waals surface area (Å²) in [5.41, 5.74) is 6.76. The molecule has 0 amide bonds. The molecule has 3 nitrogen and oxygen atoms in total. The minimum absolute atomic E-state index is 0.126. The molecule has 124 valence electrons. The van der Waals surface area contributed by atoms with Crippen LogP contribution < -0.4 is 5.73 Å². The van der Waals surface area contributed by atoms with Crippen LogP contribution in [0.25, 0.3) is 0 Å². The number of nitrogens with two attached hydrogens (primary N) is 1. The molecule has 0 saturated heterocycles. The fourth-order valence-corrected chi connectivity index (χ4v) is 5.71. The van der Waals surface area contributed by atoms with Gasteiger partial charge in [0.05, 0.1) is 5.25 Å². The smallest absolute Gasteiger partial charge is 0.150 e. The van der Waals surface area contributed by atoms with E-state index in [4.69, 9.17) is 5.73 Å². The zero-order valence-corrected chi connectivity index (χ0v) is 15.0. The molecule has 2 aliphatic carbocycles. The SMILES string of the molecule is CC(C)(C)C1CCC(N)C(C2CCCC(S(C)(=O)=O)C2)C1. The summed E-state index contributed by atoms with van der Waals surface area (Å²) >= 11 is 0. The van der Waals surface area contributed by atoms with E-state index >= 15 is 0 Å². The van der Waals surface area contributed by atoms with Gasteiger partial charge in [0.15, 0.2) is 0 Å². The Morgan fingerprint density at radius 3 is 2.24 bits per heavy atom. The molecule has 0 aliphatic heterocycles. The van der Waals surface area contributed by atoms with Gasteiger partial charge >= 0.3 is 0 Å². The van der Waals surface area contributed by atoms with Gasteiger partial charge in [0.25, 0.3) is 0 Å². The van der Waals surface area contributed by atoms with Gasteiger partial charge in [-0.1, -0.05) is 33.6 Å². The van der Waals surface area contributed by atoms with E-state index in [0.717, 1.165) is 31.6 Å². The van der Waals surface area contributed by atoms with Crippen LogP contribution >= 0.6 is 0 Å². The van der Waals surface area contributed by atoms with Crippen molar-refractivity contribution in [2.45, 2.75) is 77.0 Å². The van der Waals surface area contributed by atoms with Crippen molar-refractivity contribution >= 4 is 9.84 Å². The van der Waals surface area contributed by atoms with E-state index in [1.54, 1.807) is 0 Å². The molecule has 0 aromatic heterocycles. The largest absolute Gasteiger partial charge is 0.327 e. The predicted octanol–water partition coefficient (Wildman–Crippen LogP) is 3.38. The van der Waals surface area contributed by atoms with Crippen LogP contribution in [0.5, 0.6) is 0 Å². The van der Waals surface area contributed by atoms with Gasteiger partial charge in [-0.3, -0.25) is 0 Å². The number of sulfone groups is 1. The number of rotatable bonds is 2. The maximum atomic E-state index is 11.9. The lowest BCUT2D eigenvalue weighted by Crippen LogP contribution is -2.45. The summed E-state index contributed by atoms with van der Waals surface area (Å²) in [4.78, 5) is 0. The molecule has 2 fully saturated rings. The lowest BCUT2D eigenvalue weighted by Gasteiger charge is -2.45. The normalized spacial score (nSPS) is 39.2. The average Bonchev–Trinajstić information content (AvgIpc) is 2.37. The van der Waals surface area contributed by atoms with E-state index in [0.29, 0.717) is 17.3 Å². The van der Waals surface area contributed by atoms with Crippen LogP contribution in [0.15, 0.2) is 0 Å². The van der Waals surface area contributed by atoms with Crippen molar-refractivity contribution in [3.8, 4) is 0 Å². The molecule has 2 saturated carbocycles. The van der Waals surface area contributed by atoms with Crippen LogP contribution in [-0.2, 0) is 9.84 Å². The summed E-state index contributed by atoms with van der Waals surface area (Å²) in [6, 6.07) is 0.270. The summed E-state index contributed by atoms with van der Waals surface area (Å²) in [6.07, 6.45) is 8.82. The van der Waals surface area contributed by atoms with Gasteiger partial charge in [-0.05, 0) is 55.3 Å². The zero-order valence-electron chi connectivity index (χ0n) is 14.1. The van der Waals surface area contributed by atoms with Gasteiger partial charge in [-0.15, -0.1) is 0 Å². The zero-order chi connectivity index (χ0) is 15.8. The lowest BCUT2D eigenvalue weighted by atomic mass is 9.63. The molecule has 2 aliphatic rings. The van der Waals surface area contributed by atoms with E-state index in [1.807, 2.05) is 0 Å². The Morgan fingerprint density at radius 1 is 1.00 bits per heavy atom. The second-order valence-electron chi connectivity index (χ2n) is 8.58. The molecule has 5 atom stereocenters. The molecule has 0 spiro atoms. The molecular weight excluding hydrogens is 282 g/mol. The maximum absolute atomic E-state index is 11.9. The molecule has 2 rings (SSSR count). The summed E-state index contributed by atoms with van der Waals surface area (Å²) in [5, 5.41) is -0.126. The summed E-state index contributed by atoms with van der Waals surface area (Å²) in [5.74, 6) is 1.76. The quantitative estimate of drug-likeness (QED) is 0.850. The minimum Gasteiger partial charge on any atom is -0.327 e. The molecule has 4 heteroatoms. The molecule has 0 radical (unpaired) electrons. The third-order valence-corrected chi connectivity index (χ3v) is 7.70. The highest BCUT2D eigenvalue weighted by Gasteiger charge is 2.40. The van der Waals surface area contributed by atoms with Crippen molar-refractivity contribution < 1.29 is 8.42 Å². The molecule has 5 unspecified atom stereocenters. The Hall–Kier alpha value is -0.0900. The van der Waals surface area contributed by atoms with Crippen LogP contribution in [0.1, 0.15) is 65.7 Å². The van der Waals surface area contributed by atoms with E-state index in [2.05, 4.69) is 20.8 Å². The van der Waals surface area contributed by atoms with Gasteiger partial charge in [0.1, 0.15) is 9.84 Å². The summed E-state index contributed by atoms with van der Waals surface area (Å²) in [6.45, 7) is 6.98. The third-order valence-electron chi connectivity index (χ3n) is 6.06. The van der Waals surface area contributed by atoms with Crippen molar-refractivity contribution in [2.75, 3.05) is 6.26 Å². The van der Waals surface area contributed by atoms with Gasteiger partial charge in [0, 0.05) is 12.3 Å². The first-order valence-corrected chi connectivity index (χ1v) is 10.5. The highest BCUT2D eigenvalue weighted by molar-refractivity contribution is 7.91. The van der Waals surface area contributed by atoms with Crippen molar-refractivity contribution in [1.29, 1.82) is 0 Å². The summed E-state index contributed by atoms with van der Waals surface area (Å²) in [7, 11) is -2.90. The Balaban J connectivity index is 2.08. The monoisotopic (exact) mass is 315 g/mol. The Bertz CT molecular complexity index is 452. The van der Waals surface area contributed by atoms with Crippen LogP contribution in [0.3, 0.4) is 0 Å². The molecule has 0 aromatic rings. The number of hydrogen-bond donors (Lipinski definition) is 1. The fraction of sp³-hybridized carbons (Fsp3) is 1.00. The standard InChI is InChI=1S/C17H33NO2S/c1-17(2,3)13-8-9-16(18)15(11-13)12-6-5-7-14(10-12)21(4,19)20/h12-16H,5-11,18H2,1-4H3. The van der Waals surface area contributed by atoms with Gasteiger partial charge in [-0.25, -0.2) is 8.42 Å². The second kappa shape index (κ2) is 6.19. The van der Waals surface area contributed by atoms with E-state index in [-0.39, 0.29) is 11.3 Å². The first-order chi connectivity index (χ1) is 9.59. The van der Waals surface area contributed by atoms with Crippen LogP contribution in [0.4, 0.5) is 0 Å². The van der Waals surface area contributed by atoms with Crippen LogP contribution in [0.2, 0.25) is 0 Å². The molecule has 2 N–H and O–H groups in total. The highest BCUT2D eigenvalue weighted by Crippen LogP contribution is 2.45. The van der Waals surface area contributed by atoms with Gasteiger partial charge < -0.3 is 5.73 Å². The molecule has 0 bridgehead atoms. The summed E-state index contributed by atoms with van der Waals surface area (Å²) < 4.78 is 23.8.